The fraction of sp³-hybridized carbons (Fsp3) is 0.625. The minimum atomic E-state index is -3.54. The van der Waals surface area contributed by atoms with Gasteiger partial charge in [0, 0.05) is 11.1 Å². The molecule has 1 aromatic carbocycles. The van der Waals surface area contributed by atoms with Crippen molar-refractivity contribution in [2.75, 3.05) is 5.75 Å². The van der Waals surface area contributed by atoms with Crippen molar-refractivity contribution < 1.29 is 12.6 Å². The van der Waals surface area contributed by atoms with Gasteiger partial charge in [0.25, 0.3) is 0 Å². The van der Waals surface area contributed by atoms with Gasteiger partial charge in [0.05, 0.1) is 5.75 Å². The molecule has 0 unspecified atom stereocenters. The van der Waals surface area contributed by atoms with Crippen molar-refractivity contribution >= 4 is 10.1 Å². The quantitative estimate of drug-likeness (QED) is 0.792. The molecule has 0 aromatic heterocycles. The maximum absolute atomic E-state index is 11.9. The second kappa shape index (κ2) is 5.40. The Morgan fingerprint density at radius 2 is 1.35 bits per heavy atom. The highest BCUT2D eigenvalue weighted by molar-refractivity contribution is 7.87. The Morgan fingerprint density at radius 1 is 0.950 bits per heavy atom. The summed E-state index contributed by atoms with van der Waals surface area (Å²) in [6, 6.07) is 5.85. The van der Waals surface area contributed by atoms with Gasteiger partial charge in [0.2, 0.25) is 0 Å². The lowest BCUT2D eigenvalue weighted by molar-refractivity contribution is 0.455. The second-order valence-corrected chi connectivity index (χ2v) is 8.97. The molecular formula is C16H26O3S. The van der Waals surface area contributed by atoms with Crippen LogP contribution in [0.25, 0.3) is 0 Å². The van der Waals surface area contributed by atoms with E-state index in [1.54, 1.807) is 6.92 Å². The van der Waals surface area contributed by atoms with Crippen LogP contribution in [0.15, 0.2) is 18.2 Å². The van der Waals surface area contributed by atoms with E-state index < -0.39 is 10.1 Å². The minimum absolute atomic E-state index is 0.0327. The third-order valence-corrected chi connectivity index (χ3v) is 4.32. The summed E-state index contributed by atoms with van der Waals surface area (Å²) in [5.41, 5.74) is 1.48. The predicted molar refractivity (Wildman–Crippen MR) is 83.9 cm³/mol. The number of rotatable bonds is 3. The number of hydrogen-bond donors (Lipinski definition) is 0. The van der Waals surface area contributed by atoms with E-state index in [0.717, 1.165) is 11.1 Å². The molecule has 20 heavy (non-hydrogen) atoms. The summed E-state index contributed by atoms with van der Waals surface area (Å²) in [4.78, 5) is 0. The van der Waals surface area contributed by atoms with Crippen molar-refractivity contribution in [3.05, 3.63) is 29.3 Å². The molecule has 1 rings (SSSR count). The van der Waals surface area contributed by atoms with E-state index >= 15 is 0 Å². The topological polar surface area (TPSA) is 43.4 Å². The first-order chi connectivity index (χ1) is 8.88. The highest BCUT2D eigenvalue weighted by Gasteiger charge is 2.28. The highest BCUT2D eigenvalue weighted by atomic mass is 32.2. The molecule has 0 aliphatic rings. The predicted octanol–water partition coefficient (Wildman–Crippen LogP) is 4.01. The Morgan fingerprint density at radius 3 is 1.65 bits per heavy atom. The molecule has 4 heteroatoms. The smallest absolute Gasteiger partial charge is 0.308 e. The van der Waals surface area contributed by atoms with Gasteiger partial charge in [-0.3, -0.25) is 0 Å². The van der Waals surface area contributed by atoms with Crippen LogP contribution in [0.3, 0.4) is 0 Å². The molecule has 0 saturated carbocycles. The molecule has 0 amide bonds. The summed E-state index contributed by atoms with van der Waals surface area (Å²) in [5.74, 6) is 0.462. The van der Waals surface area contributed by atoms with Gasteiger partial charge in [-0.05, 0) is 17.8 Å². The highest BCUT2D eigenvalue weighted by Crippen LogP contribution is 2.40. The van der Waals surface area contributed by atoms with Crippen LogP contribution < -0.4 is 4.18 Å². The molecule has 0 spiro atoms. The van der Waals surface area contributed by atoms with Crippen LogP contribution >= 0.6 is 0 Å². The lowest BCUT2D eigenvalue weighted by atomic mass is 9.80. The zero-order chi connectivity index (χ0) is 15.8. The van der Waals surface area contributed by atoms with Crippen LogP contribution in [0.2, 0.25) is 0 Å². The fourth-order valence-electron chi connectivity index (χ4n) is 1.99. The van der Waals surface area contributed by atoms with Gasteiger partial charge in [-0.25, -0.2) is 0 Å². The Kier molecular flexibility index (Phi) is 4.59. The summed E-state index contributed by atoms with van der Waals surface area (Å²) in [6.45, 7) is 13.9. The first-order valence-electron chi connectivity index (χ1n) is 6.94. The normalized spacial score (nSPS) is 13.3. The Labute approximate surface area is 123 Å². The van der Waals surface area contributed by atoms with E-state index in [4.69, 9.17) is 4.18 Å². The standard InChI is InChI=1S/C16H26O3S/c1-8-20(17,18)19-14-12(15(2,3)4)10-9-11-13(14)16(5,6)7/h9-11H,8H2,1-7H3. The largest absolute Gasteiger partial charge is 0.382 e. The Hall–Kier alpha value is -1.03. The van der Waals surface area contributed by atoms with Crippen LogP contribution in [-0.4, -0.2) is 14.2 Å². The summed E-state index contributed by atoms with van der Waals surface area (Å²) in [5, 5.41) is 0. The average Bonchev–Trinajstić information content (AvgIpc) is 2.25. The van der Waals surface area contributed by atoms with E-state index in [1.165, 1.54) is 0 Å². The second-order valence-electron chi connectivity index (χ2n) is 7.11. The molecule has 0 saturated heterocycles. The molecule has 0 fully saturated rings. The van der Waals surface area contributed by atoms with Gasteiger partial charge >= 0.3 is 10.1 Å². The molecule has 1 aromatic rings. The molecular weight excluding hydrogens is 272 g/mol. The zero-order valence-corrected chi connectivity index (χ0v) is 14.4. The molecule has 114 valence electrons. The molecule has 0 aliphatic heterocycles. The van der Waals surface area contributed by atoms with E-state index in [1.807, 2.05) is 18.2 Å². The fourth-order valence-corrected chi connectivity index (χ4v) is 2.55. The summed E-state index contributed by atoms with van der Waals surface area (Å²) in [6.07, 6.45) is 0. The third kappa shape index (κ3) is 3.98. The molecule has 0 heterocycles. The van der Waals surface area contributed by atoms with Gasteiger partial charge in [-0.1, -0.05) is 59.7 Å². The Balaban J connectivity index is 3.58. The number of para-hydroxylation sites is 1. The van der Waals surface area contributed by atoms with Gasteiger partial charge in [-0.15, -0.1) is 0 Å². The van der Waals surface area contributed by atoms with Crippen molar-refractivity contribution in [3.63, 3.8) is 0 Å². The molecule has 0 aliphatic carbocycles. The van der Waals surface area contributed by atoms with Crippen molar-refractivity contribution in [1.82, 2.24) is 0 Å². The van der Waals surface area contributed by atoms with Gasteiger partial charge in [-0.2, -0.15) is 8.42 Å². The molecule has 0 bridgehead atoms. The van der Waals surface area contributed by atoms with Gasteiger partial charge in [0.15, 0.2) is 0 Å². The minimum Gasteiger partial charge on any atom is -0.382 e. The summed E-state index contributed by atoms with van der Waals surface area (Å²) >= 11 is 0. The lowest BCUT2D eigenvalue weighted by Gasteiger charge is -2.28. The van der Waals surface area contributed by atoms with Crippen LogP contribution in [0.4, 0.5) is 0 Å². The van der Waals surface area contributed by atoms with Crippen LogP contribution in [-0.2, 0) is 20.9 Å². The van der Waals surface area contributed by atoms with E-state index in [0.29, 0.717) is 5.75 Å². The zero-order valence-electron chi connectivity index (χ0n) is 13.6. The summed E-state index contributed by atoms with van der Waals surface area (Å²) in [7, 11) is -3.54. The third-order valence-electron chi connectivity index (χ3n) is 3.19. The van der Waals surface area contributed by atoms with Gasteiger partial charge < -0.3 is 4.18 Å². The first-order valence-corrected chi connectivity index (χ1v) is 8.52. The molecule has 0 radical (unpaired) electrons. The van der Waals surface area contributed by atoms with Crippen molar-refractivity contribution in [2.45, 2.75) is 59.3 Å². The van der Waals surface area contributed by atoms with Crippen molar-refractivity contribution in [2.24, 2.45) is 0 Å². The van der Waals surface area contributed by atoms with Gasteiger partial charge in [0.1, 0.15) is 5.75 Å². The van der Waals surface area contributed by atoms with Crippen molar-refractivity contribution in [1.29, 1.82) is 0 Å². The number of benzene rings is 1. The van der Waals surface area contributed by atoms with Crippen LogP contribution in [0, 0.1) is 0 Å². The first kappa shape index (κ1) is 17.0. The van der Waals surface area contributed by atoms with E-state index in [2.05, 4.69) is 41.5 Å². The molecule has 0 atom stereocenters. The maximum Gasteiger partial charge on any atom is 0.308 e. The molecule has 3 nitrogen and oxygen atoms in total. The van der Waals surface area contributed by atoms with Crippen LogP contribution in [0.5, 0.6) is 5.75 Å². The van der Waals surface area contributed by atoms with Crippen molar-refractivity contribution in [3.8, 4) is 5.75 Å². The Bertz CT molecular complexity index is 540. The SMILES string of the molecule is CCS(=O)(=O)Oc1c(C(C)(C)C)cccc1C(C)(C)C. The maximum atomic E-state index is 11.9. The molecule has 0 N–H and O–H groups in total. The van der Waals surface area contributed by atoms with E-state index in [-0.39, 0.29) is 16.6 Å². The van der Waals surface area contributed by atoms with Crippen LogP contribution in [0.1, 0.15) is 59.6 Å². The summed E-state index contributed by atoms with van der Waals surface area (Å²) < 4.78 is 29.2. The lowest BCUT2D eigenvalue weighted by Crippen LogP contribution is -2.22. The monoisotopic (exact) mass is 298 g/mol. The number of hydrogen-bond acceptors (Lipinski definition) is 3. The average molecular weight is 298 g/mol. The van der Waals surface area contributed by atoms with E-state index in [9.17, 15) is 8.42 Å².